The Morgan fingerprint density at radius 2 is 1.75 bits per heavy atom. The molecule has 0 unspecified atom stereocenters. The summed E-state index contributed by atoms with van der Waals surface area (Å²) in [6, 6.07) is 2.01. The second-order valence-electron chi connectivity index (χ2n) is 5.51. The maximum absolute atomic E-state index is 4.54. The molecule has 0 amide bonds. The van der Waals surface area contributed by atoms with Gasteiger partial charge in [0.05, 0.1) is 0 Å². The monoisotopic (exact) mass is 272 g/mol. The highest BCUT2D eigenvalue weighted by Crippen LogP contribution is 2.27. The van der Waals surface area contributed by atoms with E-state index in [0.717, 1.165) is 49.1 Å². The number of aromatic nitrogens is 5. The van der Waals surface area contributed by atoms with Crippen LogP contribution in [0.1, 0.15) is 36.0 Å². The van der Waals surface area contributed by atoms with Gasteiger partial charge in [-0.05, 0) is 32.8 Å². The van der Waals surface area contributed by atoms with Crippen molar-refractivity contribution in [1.29, 1.82) is 0 Å². The molecule has 0 aromatic carbocycles. The zero-order valence-electron chi connectivity index (χ0n) is 12.2. The largest absolute Gasteiger partial charge is 0.341 e. The van der Waals surface area contributed by atoms with Gasteiger partial charge in [-0.25, -0.2) is 9.97 Å². The van der Waals surface area contributed by atoms with Crippen LogP contribution in [0.3, 0.4) is 0 Å². The third kappa shape index (κ3) is 2.50. The predicted octanol–water partition coefficient (Wildman–Crippen LogP) is 1.61. The molecule has 0 atom stereocenters. The van der Waals surface area contributed by atoms with Gasteiger partial charge in [0, 0.05) is 37.4 Å². The summed E-state index contributed by atoms with van der Waals surface area (Å²) >= 11 is 0. The van der Waals surface area contributed by atoms with Crippen molar-refractivity contribution in [3.63, 3.8) is 0 Å². The number of rotatable bonds is 2. The molecule has 0 saturated carbocycles. The lowest BCUT2D eigenvalue weighted by atomic mass is 9.96. The molecule has 20 heavy (non-hydrogen) atoms. The molecule has 1 aliphatic heterocycles. The number of piperidine rings is 1. The number of anilines is 1. The molecular formula is C14H20N6. The Kier molecular flexibility index (Phi) is 3.38. The van der Waals surface area contributed by atoms with Crippen molar-refractivity contribution in [1.82, 2.24) is 24.7 Å². The molecule has 3 heterocycles. The number of nitrogens with zero attached hydrogens (tertiary/aromatic N) is 6. The highest BCUT2D eigenvalue weighted by atomic mass is 15.3. The van der Waals surface area contributed by atoms with Crippen LogP contribution in [0.5, 0.6) is 0 Å². The first-order valence-corrected chi connectivity index (χ1v) is 7.04. The molecule has 0 aliphatic carbocycles. The van der Waals surface area contributed by atoms with E-state index in [9.17, 15) is 0 Å². The van der Waals surface area contributed by atoms with E-state index in [0.29, 0.717) is 5.92 Å². The molecule has 3 rings (SSSR count). The minimum Gasteiger partial charge on any atom is -0.341 e. The first kappa shape index (κ1) is 13.0. The quantitative estimate of drug-likeness (QED) is 0.831. The highest BCUT2D eigenvalue weighted by Gasteiger charge is 2.25. The maximum Gasteiger partial charge on any atom is 0.225 e. The van der Waals surface area contributed by atoms with E-state index >= 15 is 0 Å². The van der Waals surface area contributed by atoms with Gasteiger partial charge >= 0.3 is 0 Å². The van der Waals surface area contributed by atoms with Crippen molar-refractivity contribution in [3.05, 3.63) is 29.6 Å². The molecule has 106 valence electrons. The zero-order chi connectivity index (χ0) is 14.1. The minimum atomic E-state index is 0.490. The molecule has 0 bridgehead atoms. The van der Waals surface area contributed by atoms with Crippen molar-refractivity contribution in [3.8, 4) is 0 Å². The molecule has 6 nitrogen and oxygen atoms in total. The van der Waals surface area contributed by atoms with Crippen LogP contribution in [-0.4, -0.2) is 37.8 Å². The summed E-state index contributed by atoms with van der Waals surface area (Å²) in [5, 5.41) is 8.20. The third-order valence-corrected chi connectivity index (χ3v) is 3.86. The Hall–Kier alpha value is -1.98. The summed E-state index contributed by atoms with van der Waals surface area (Å²) in [6.07, 6.45) is 3.92. The second-order valence-corrected chi connectivity index (χ2v) is 5.51. The van der Waals surface area contributed by atoms with Crippen molar-refractivity contribution >= 4 is 5.95 Å². The van der Waals surface area contributed by atoms with E-state index in [1.165, 1.54) is 0 Å². The summed E-state index contributed by atoms with van der Waals surface area (Å²) in [5.74, 6) is 2.44. The Bertz CT molecular complexity index is 577. The standard InChI is InChI=1S/C14H20N6/c1-10-8-11(2)17-14(16-10)20-6-4-12(5-7-20)13-18-15-9-19(13)3/h8-9,12H,4-7H2,1-3H3. The number of aryl methyl sites for hydroxylation is 3. The zero-order valence-corrected chi connectivity index (χ0v) is 12.2. The number of hydrogen-bond acceptors (Lipinski definition) is 5. The van der Waals surface area contributed by atoms with Crippen molar-refractivity contribution in [2.24, 2.45) is 7.05 Å². The van der Waals surface area contributed by atoms with Crippen LogP contribution in [0.4, 0.5) is 5.95 Å². The molecule has 2 aromatic heterocycles. The van der Waals surface area contributed by atoms with Crippen LogP contribution >= 0.6 is 0 Å². The van der Waals surface area contributed by atoms with E-state index in [4.69, 9.17) is 0 Å². The normalized spacial score (nSPS) is 16.6. The van der Waals surface area contributed by atoms with E-state index in [1.54, 1.807) is 6.33 Å². The molecule has 6 heteroatoms. The third-order valence-electron chi connectivity index (χ3n) is 3.86. The summed E-state index contributed by atoms with van der Waals surface area (Å²) in [6.45, 7) is 5.98. The summed E-state index contributed by atoms with van der Waals surface area (Å²) in [5.41, 5.74) is 2.06. The first-order chi connectivity index (χ1) is 9.63. The van der Waals surface area contributed by atoms with E-state index < -0.39 is 0 Å². The lowest BCUT2D eigenvalue weighted by molar-refractivity contribution is 0.469. The minimum absolute atomic E-state index is 0.490. The average molecular weight is 272 g/mol. The van der Waals surface area contributed by atoms with E-state index in [2.05, 4.69) is 25.1 Å². The second kappa shape index (κ2) is 5.19. The molecule has 1 saturated heterocycles. The Labute approximate surface area is 118 Å². The molecule has 1 aliphatic rings. The van der Waals surface area contributed by atoms with E-state index in [-0.39, 0.29) is 0 Å². The fourth-order valence-electron chi connectivity index (χ4n) is 2.85. The van der Waals surface area contributed by atoms with E-state index in [1.807, 2.05) is 31.5 Å². The molecule has 1 fully saturated rings. The predicted molar refractivity (Wildman–Crippen MR) is 76.7 cm³/mol. The van der Waals surface area contributed by atoms with Crippen molar-refractivity contribution < 1.29 is 0 Å². The van der Waals surface area contributed by atoms with Crippen LogP contribution in [0.25, 0.3) is 0 Å². The van der Waals surface area contributed by atoms with Crippen molar-refractivity contribution in [2.45, 2.75) is 32.6 Å². The smallest absolute Gasteiger partial charge is 0.225 e. The first-order valence-electron chi connectivity index (χ1n) is 7.04. The van der Waals surface area contributed by atoms with Gasteiger partial charge in [0.15, 0.2) is 0 Å². The van der Waals surface area contributed by atoms with Gasteiger partial charge in [0.25, 0.3) is 0 Å². The van der Waals surface area contributed by atoms with Crippen LogP contribution in [0.2, 0.25) is 0 Å². The van der Waals surface area contributed by atoms with Crippen LogP contribution in [-0.2, 0) is 7.05 Å². The Morgan fingerprint density at radius 3 is 2.30 bits per heavy atom. The molecule has 0 N–H and O–H groups in total. The van der Waals surface area contributed by atoms with Crippen LogP contribution < -0.4 is 4.90 Å². The van der Waals surface area contributed by atoms with Gasteiger partial charge in [-0.2, -0.15) is 0 Å². The van der Waals surface area contributed by atoms with Gasteiger partial charge in [-0.15, -0.1) is 10.2 Å². The lowest BCUT2D eigenvalue weighted by Crippen LogP contribution is -2.35. The summed E-state index contributed by atoms with van der Waals surface area (Å²) in [4.78, 5) is 11.4. The van der Waals surface area contributed by atoms with Gasteiger partial charge in [0.2, 0.25) is 5.95 Å². The van der Waals surface area contributed by atoms with Crippen molar-refractivity contribution in [2.75, 3.05) is 18.0 Å². The van der Waals surface area contributed by atoms with Crippen LogP contribution in [0, 0.1) is 13.8 Å². The Balaban J connectivity index is 1.71. The maximum atomic E-state index is 4.54. The average Bonchev–Trinajstić information content (AvgIpc) is 2.84. The summed E-state index contributed by atoms with van der Waals surface area (Å²) < 4.78 is 2.02. The van der Waals surface area contributed by atoms with Gasteiger partial charge < -0.3 is 9.47 Å². The SMILES string of the molecule is Cc1cc(C)nc(N2CCC(c3nncn3C)CC2)n1. The van der Waals surface area contributed by atoms with Crippen LogP contribution in [0.15, 0.2) is 12.4 Å². The lowest BCUT2D eigenvalue weighted by Gasteiger charge is -2.31. The van der Waals surface area contributed by atoms with Gasteiger partial charge in [-0.3, -0.25) is 0 Å². The molecule has 2 aromatic rings. The molecule has 0 radical (unpaired) electrons. The summed E-state index contributed by atoms with van der Waals surface area (Å²) in [7, 11) is 2.01. The highest BCUT2D eigenvalue weighted by molar-refractivity contribution is 5.33. The molecular weight excluding hydrogens is 252 g/mol. The fraction of sp³-hybridized carbons (Fsp3) is 0.571. The Morgan fingerprint density at radius 1 is 1.10 bits per heavy atom. The van der Waals surface area contributed by atoms with Gasteiger partial charge in [-0.1, -0.05) is 0 Å². The number of hydrogen-bond donors (Lipinski definition) is 0. The fourth-order valence-corrected chi connectivity index (χ4v) is 2.85. The van der Waals surface area contributed by atoms with Gasteiger partial charge in [0.1, 0.15) is 12.2 Å². The topological polar surface area (TPSA) is 59.7 Å². The molecule has 0 spiro atoms.